The maximum absolute atomic E-state index is 13.0. The molecule has 15 N–H and O–H groups in total. The number of hydrogen-bond donors (Lipinski definition) is 14. The van der Waals surface area contributed by atoms with Crippen molar-refractivity contribution in [2.24, 2.45) is 23.5 Å². The molecule has 0 saturated carbocycles. The smallest absolute Gasteiger partial charge is 0.397 e. The number of hydrogen-bond acceptors (Lipinski definition) is 17. The van der Waals surface area contributed by atoms with Crippen molar-refractivity contribution in [3.05, 3.63) is 157 Å². The SMILES string of the molecule is C\C(=C/C=C/C=C/CC/C=C/C(C)[C@@H](O)[C@H](C)[C@@H](O)/C=C/C=C/C=C/C=C/C=C/C=C/CC(OS(=O)(=O)O)C(C)C(=O)C[C@H](O)C[C@H](O)/C=C/C[C@H](O)C[C@H](O)C[C@@H](O)/C=C/C[C@H](O)C[C@@H](O)/C=C/C[C@H](O)C[C@H](O)CCCN)C(=O)O. The lowest BCUT2D eigenvalue weighted by atomic mass is 9.88. The molecule has 0 heterocycles. The minimum atomic E-state index is -4.95. The summed E-state index contributed by atoms with van der Waals surface area (Å²) in [7, 11) is -4.95. The molecule has 0 radical (unpaired) electrons. The van der Waals surface area contributed by atoms with E-state index in [9.17, 15) is 78.7 Å². The number of aliphatic carboxylic acids is 1. The molecule has 0 spiro atoms. The molecule has 19 nitrogen and oxygen atoms in total. The van der Waals surface area contributed by atoms with Crippen LogP contribution in [0, 0.1) is 17.8 Å². The number of allylic oxidation sites excluding steroid dienone is 16. The van der Waals surface area contributed by atoms with E-state index in [-0.39, 0.29) is 69.3 Å². The zero-order valence-electron chi connectivity index (χ0n) is 48.0. The molecule has 0 fully saturated rings. The summed E-state index contributed by atoms with van der Waals surface area (Å²) in [6.07, 6.45) is 31.6. The second kappa shape index (κ2) is 46.5. The third-order valence-corrected chi connectivity index (χ3v) is 13.3. The molecular weight excluding hydrogens is 1080 g/mol. The highest BCUT2D eigenvalue weighted by Gasteiger charge is 2.30. The normalized spacial score (nSPS) is 19.3. The number of carboxylic acids is 1. The maximum atomic E-state index is 13.0. The van der Waals surface area contributed by atoms with E-state index in [1.807, 2.05) is 31.2 Å². The van der Waals surface area contributed by atoms with Gasteiger partial charge in [-0.3, -0.25) is 9.35 Å². The molecule has 464 valence electrons. The number of carbonyl (C=O) groups excluding carboxylic acids is 1. The van der Waals surface area contributed by atoms with E-state index in [1.165, 1.54) is 56.4 Å². The summed E-state index contributed by atoms with van der Waals surface area (Å²) in [6.45, 7) is 7.02. The van der Waals surface area contributed by atoms with Gasteiger partial charge >= 0.3 is 16.4 Å². The van der Waals surface area contributed by atoms with E-state index >= 15 is 0 Å². The topological polar surface area (TPSA) is 367 Å². The van der Waals surface area contributed by atoms with Crippen LogP contribution >= 0.6 is 0 Å². The molecule has 0 aromatic carbocycles. The number of carboxylic acid groups (broad SMARTS) is 1. The first-order valence-electron chi connectivity index (χ1n) is 28.0. The Labute approximate surface area is 486 Å². The van der Waals surface area contributed by atoms with Crippen LogP contribution in [0.4, 0.5) is 0 Å². The minimum Gasteiger partial charge on any atom is -0.478 e. The molecule has 0 aliphatic heterocycles. The number of aliphatic hydroxyl groups excluding tert-OH is 11. The Morgan fingerprint density at radius 3 is 1.49 bits per heavy atom. The van der Waals surface area contributed by atoms with Crippen LogP contribution in [-0.4, -0.2) is 166 Å². The van der Waals surface area contributed by atoms with Crippen LogP contribution in [0.2, 0.25) is 0 Å². The third kappa shape index (κ3) is 42.9. The van der Waals surface area contributed by atoms with Crippen molar-refractivity contribution < 1.29 is 88.0 Å². The van der Waals surface area contributed by atoms with Crippen LogP contribution in [0.15, 0.2) is 157 Å². The number of ketones is 1. The van der Waals surface area contributed by atoms with Gasteiger partial charge in [-0.15, -0.1) is 0 Å². The van der Waals surface area contributed by atoms with Crippen molar-refractivity contribution in [1.29, 1.82) is 0 Å². The lowest BCUT2D eigenvalue weighted by molar-refractivity contribution is -0.132. The largest absolute Gasteiger partial charge is 0.478 e. The molecular formula is C62H97NO18S. The molecule has 20 heteroatoms. The quantitative estimate of drug-likeness (QED) is 0.0113. The van der Waals surface area contributed by atoms with E-state index in [2.05, 4.69) is 0 Å². The van der Waals surface area contributed by atoms with Gasteiger partial charge in [0, 0.05) is 49.0 Å². The first-order valence-corrected chi connectivity index (χ1v) is 29.4. The standard InChI is InChI=1S/C62H97NO18S/c1-45(27-19-15-11-10-12-16-20-28-46(2)62(76)77)61(75)48(4)58(73)36-21-17-13-8-6-5-7-9-14-18-22-37-60(81-82(78,79)80)47(3)59(74)44-57(72)43-54(69)34-25-33-53(68)42-56(71)41-52(67)32-24-31-50(65)39-49(64)29-23-30-51(66)40-55(70)35-26-38-63/h5-10,12-14,16-25,27-29,32,34,36,45,47-58,60-61,64-73,75H,11,15,26,30-31,33,35,37-44,63H2,1-4H3,(H,76,77)(H,78,79,80)/b7-5+,8-6+,12-10+,14-9+,17-13+,20-16+,22-18+,27-19+,29-23+,32-24+,34-25+,36-21+,46-28+/t45?,47?,48-,49+,50+,51+,52+,53+,54-,55-,56-,57-,58+,60?,61-/m1/s1. The first kappa shape index (κ1) is 77.2. The molecule has 0 bridgehead atoms. The number of Topliss-reactive ketones (excluding diaryl/α,β-unsaturated/α-hetero) is 1. The Bertz CT molecular complexity index is 2260. The Balaban J connectivity index is 4.81. The van der Waals surface area contributed by atoms with E-state index in [0.717, 1.165) is 12.8 Å². The van der Waals surface area contributed by atoms with E-state index in [1.54, 1.807) is 92.0 Å². The van der Waals surface area contributed by atoms with Gasteiger partial charge < -0.3 is 67.0 Å². The molecule has 0 rings (SSSR count). The van der Waals surface area contributed by atoms with Gasteiger partial charge in [-0.25, -0.2) is 8.98 Å². The first-order chi connectivity index (χ1) is 38.8. The molecule has 0 saturated heterocycles. The van der Waals surface area contributed by atoms with Gasteiger partial charge in [-0.2, -0.15) is 8.42 Å². The highest BCUT2D eigenvalue weighted by molar-refractivity contribution is 7.80. The van der Waals surface area contributed by atoms with E-state index in [4.69, 9.17) is 15.0 Å². The summed E-state index contributed by atoms with van der Waals surface area (Å²) in [6, 6.07) is 0. The van der Waals surface area contributed by atoms with Crippen LogP contribution in [0.25, 0.3) is 0 Å². The zero-order chi connectivity index (χ0) is 61.9. The summed E-state index contributed by atoms with van der Waals surface area (Å²) < 4.78 is 37.4. The van der Waals surface area contributed by atoms with Gasteiger partial charge in [-0.05, 0) is 77.7 Å². The average molecular weight is 1180 g/mol. The van der Waals surface area contributed by atoms with Crippen molar-refractivity contribution in [2.75, 3.05) is 6.54 Å². The Kier molecular flexibility index (Phi) is 43.8. The van der Waals surface area contributed by atoms with E-state index in [0.29, 0.717) is 19.4 Å². The fraction of sp³-hybridized carbons (Fsp3) is 0.548. The highest BCUT2D eigenvalue weighted by atomic mass is 32.3. The molecule has 0 aliphatic rings. The predicted octanol–water partition coefficient (Wildman–Crippen LogP) is 5.75. The fourth-order valence-electron chi connectivity index (χ4n) is 7.89. The summed E-state index contributed by atoms with van der Waals surface area (Å²) in [5.74, 6) is -3.24. The van der Waals surface area contributed by atoms with Crippen molar-refractivity contribution in [2.45, 2.75) is 191 Å². The molecule has 0 aliphatic carbocycles. The number of nitrogens with two attached hydrogens (primary N) is 1. The van der Waals surface area contributed by atoms with Crippen molar-refractivity contribution in [1.82, 2.24) is 0 Å². The van der Waals surface area contributed by atoms with Gasteiger partial charge in [0.05, 0.1) is 73.2 Å². The fourth-order valence-corrected chi connectivity index (χ4v) is 8.45. The number of rotatable bonds is 46. The highest BCUT2D eigenvalue weighted by Crippen LogP contribution is 2.21. The van der Waals surface area contributed by atoms with Crippen LogP contribution in [0.1, 0.15) is 118 Å². The molecule has 0 amide bonds. The zero-order valence-corrected chi connectivity index (χ0v) is 48.9. The molecule has 0 aromatic heterocycles. The van der Waals surface area contributed by atoms with Gasteiger partial charge in [0.25, 0.3) is 0 Å². The lowest BCUT2D eigenvalue weighted by Crippen LogP contribution is -2.32. The van der Waals surface area contributed by atoms with E-state index < -0.39 is 114 Å². The minimum absolute atomic E-state index is 0.000834. The van der Waals surface area contributed by atoms with Gasteiger partial charge in [0.15, 0.2) is 0 Å². The number of carbonyl (C=O) groups is 2. The molecule has 15 atom stereocenters. The maximum Gasteiger partial charge on any atom is 0.397 e. The second-order valence-corrected chi connectivity index (χ2v) is 21.6. The van der Waals surface area contributed by atoms with Gasteiger partial charge in [-0.1, -0.05) is 173 Å². The molecule has 82 heavy (non-hydrogen) atoms. The third-order valence-electron chi connectivity index (χ3n) is 12.8. The van der Waals surface area contributed by atoms with Gasteiger partial charge in [0.1, 0.15) is 5.78 Å². The Morgan fingerprint density at radius 2 is 0.963 bits per heavy atom. The summed E-state index contributed by atoms with van der Waals surface area (Å²) in [5, 5.41) is 123. The predicted molar refractivity (Wildman–Crippen MR) is 320 cm³/mol. The summed E-state index contributed by atoms with van der Waals surface area (Å²) in [5.41, 5.74) is 5.68. The van der Waals surface area contributed by atoms with Crippen LogP contribution in [-0.2, 0) is 24.2 Å². The van der Waals surface area contributed by atoms with Crippen molar-refractivity contribution >= 4 is 22.2 Å². The lowest BCUT2D eigenvalue weighted by Gasteiger charge is -2.25. The van der Waals surface area contributed by atoms with Crippen LogP contribution in [0.5, 0.6) is 0 Å². The van der Waals surface area contributed by atoms with Crippen molar-refractivity contribution in [3.63, 3.8) is 0 Å². The molecule has 3 unspecified atom stereocenters. The molecule has 0 aromatic rings. The van der Waals surface area contributed by atoms with Crippen LogP contribution < -0.4 is 5.73 Å². The Hall–Kier alpha value is -4.85. The monoisotopic (exact) mass is 1180 g/mol. The summed E-state index contributed by atoms with van der Waals surface area (Å²) in [4.78, 5) is 23.8. The second-order valence-electron chi connectivity index (χ2n) is 20.5. The van der Waals surface area contributed by atoms with Gasteiger partial charge in [0.2, 0.25) is 0 Å². The number of unbranched alkanes of at least 4 members (excludes halogenated alkanes) is 1. The average Bonchev–Trinajstić information content (AvgIpc) is 3.42. The number of aliphatic hydroxyl groups is 11. The van der Waals surface area contributed by atoms with Crippen molar-refractivity contribution in [3.8, 4) is 0 Å². The van der Waals surface area contributed by atoms with Crippen LogP contribution in [0.3, 0.4) is 0 Å². The Morgan fingerprint density at radius 1 is 0.512 bits per heavy atom. The summed E-state index contributed by atoms with van der Waals surface area (Å²) >= 11 is 0.